The first-order valence-corrected chi connectivity index (χ1v) is 12.8. The van der Waals surface area contributed by atoms with Crippen LogP contribution in [0.3, 0.4) is 0 Å². The number of nitrogens with zero attached hydrogens (tertiary/aromatic N) is 1. The highest BCUT2D eigenvalue weighted by molar-refractivity contribution is 5.87. The van der Waals surface area contributed by atoms with Crippen molar-refractivity contribution in [2.45, 2.75) is 61.7 Å². The zero-order valence-electron chi connectivity index (χ0n) is 19.2. The Labute approximate surface area is 198 Å². The number of H-pyrrole nitrogens is 1. The van der Waals surface area contributed by atoms with E-state index in [1.165, 1.54) is 18.4 Å². The van der Waals surface area contributed by atoms with Crippen LogP contribution < -0.4 is 4.74 Å². The zero-order chi connectivity index (χ0) is 22.8. The third kappa shape index (κ3) is 2.23. The van der Waals surface area contributed by atoms with Crippen LogP contribution in [0.25, 0.3) is 10.9 Å². The number of ether oxygens (including phenoxy) is 1. The summed E-state index contributed by atoms with van der Waals surface area (Å²) >= 11 is 0. The number of fused-ring (bicyclic) bond motifs is 4. The number of aliphatic hydroxyl groups is 2. The number of aliphatic hydroxyl groups excluding tert-OH is 1. The first-order valence-electron chi connectivity index (χ1n) is 12.8. The van der Waals surface area contributed by atoms with Crippen molar-refractivity contribution in [2.75, 3.05) is 19.7 Å². The Hall–Kier alpha value is -2.54. The highest BCUT2D eigenvalue weighted by Crippen LogP contribution is 2.69. The summed E-state index contributed by atoms with van der Waals surface area (Å²) < 4.78 is 6.64. The summed E-state index contributed by atoms with van der Waals surface area (Å²) in [4.78, 5) is 6.22. The van der Waals surface area contributed by atoms with Gasteiger partial charge in [0.1, 0.15) is 0 Å². The highest BCUT2D eigenvalue weighted by Gasteiger charge is 2.72. The quantitative estimate of drug-likeness (QED) is 0.483. The first kappa shape index (κ1) is 19.7. The number of benzene rings is 2. The molecule has 8 rings (SSSR count). The number of aromatic amines is 1. The lowest BCUT2D eigenvalue weighted by atomic mass is 9.49. The van der Waals surface area contributed by atoms with E-state index in [9.17, 15) is 15.3 Å². The summed E-state index contributed by atoms with van der Waals surface area (Å²) in [7, 11) is 0. The number of aromatic nitrogens is 1. The van der Waals surface area contributed by atoms with Gasteiger partial charge in [-0.3, -0.25) is 4.90 Å². The van der Waals surface area contributed by atoms with E-state index < -0.39 is 11.0 Å². The van der Waals surface area contributed by atoms with E-state index in [2.05, 4.69) is 34.1 Å². The predicted octanol–water partition coefficient (Wildman–Crippen LogP) is 3.11. The lowest BCUT2D eigenvalue weighted by Crippen LogP contribution is -2.74. The lowest BCUT2D eigenvalue weighted by molar-refractivity contribution is -0.173. The van der Waals surface area contributed by atoms with E-state index in [4.69, 9.17) is 4.74 Å². The monoisotopic (exact) mass is 458 g/mol. The molecule has 1 saturated heterocycles. The highest BCUT2D eigenvalue weighted by atomic mass is 16.5. The molecule has 4 atom stereocenters. The lowest BCUT2D eigenvalue weighted by Gasteiger charge is -2.62. The Morgan fingerprint density at radius 2 is 2.06 bits per heavy atom. The standard InChI is InChI=1S/C28H30N2O4/c31-10-7-15-3-5-18-19-13-28(33)22-12-17-4-6-21(32)25-23(17)27(28,8-9-30(22)14-16-1-2-16)26(34-25)24(19)29-20(18)11-15/h3-6,11,16,22,26,29,31-33H,1-2,7-10,12-14H2. The number of hydrogen-bond acceptors (Lipinski definition) is 5. The maximum atomic E-state index is 12.8. The molecular formula is C28H30N2O4. The van der Waals surface area contributed by atoms with Crippen molar-refractivity contribution in [3.05, 3.63) is 58.3 Å². The van der Waals surface area contributed by atoms with E-state index in [-0.39, 0.29) is 24.5 Å². The smallest absolute Gasteiger partial charge is 0.166 e. The van der Waals surface area contributed by atoms with Crippen molar-refractivity contribution >= 4 is 10.9 Å². The van der Waals surface area contributed by atoms with Crippen molar-refractivity contribution < 1.29 is 20.1 Å². The molecular weight excluding hydrogens is 428 g/mol. The maximum absolute atomic E-state index is 12.8. The molecule has 3 aromatic rings. The number of aromatic hydroxyl groups is 1. The van der Waals surface area contributed by atoms with Gasteiger partial charge < -0.3 is 25.0 Å². The molecule has 1 saturated carbocycles. The normalized spacial score (nSPS) is 33.0. The Morgan fingerprint density at radius 3 is 2.88 bits per heavy atom. The molecule has 3 heterocycles. The number of hydrogen-bond donors (Lipinski definition) is 4. The molecule has 0 radical (unpaired) electrons. The predicted molar refractivity (Wildman–Crippen MR) is 127 cm³/mol. The van der Waals surface area contributed by atoms with Gasteiger partial charge in [-0.2, -0.15) is 0 Å². The van der Waals surface area contributed by atoms with Gasteiger partial charge in [-0.15, -0.1) is 0 Å². The van der Waals surface area contributed by atoms with Crippen LogP contribution in [0, 0.1) is 5.92 Å². The summed E-state index contributed by atoms with van der Waals surface area (Å²) in [5.41, 5.74) is 5.06. The van der Waals surface area contributed by atoms with Crippen LogP contribution in [0.1, 0.15) is 53.3 Å². The van der Waals surface area contributed by atoms with Gasteiger partial charge in [-0.25, -0.2) is 0 Å². The van der Waals surface area contributed by atoms with Crippen LogP contribution in [-0.2, 0) is 24.7 Å². The Morgan fingerprint density at radius 1 is 1.18 bits per heavy atom. The van der Waals surface area contributed by atoms with Gasteiger partial charge in [0.2, 0.25) is 0 Å². The third-order valence-corrected chi connectivity index (χ3v) is 9.63. The van der Waals surface area contributed by atoms with Gasteiger partial charge >= 0.3 is 0 Å². The largest absolute Gasteiger partial charge is 0.504 e. The van der Waals surface area contributed by atoms with Gasteiger partial charge in [-0.05, 0) is 73.4 Å². The van der Waals surface area contributed by atoms with Crippen molar-refractivity contribution in [3.63, 3.8) is 0 Å². The Kier molecular flexibility index (Phi) is 3.69. The van der Waals surface area contributed by atoms with Crippen LogP contribution in [0.4, 0.5) is 0 Å². The van der Waals surface area contributed by atoms with Crippen LogP contribution in [0.5, 0.6) is 11.5 Å². The number of phenols is 1. The van der Waals surface area contributed by atoms with Crippen LogP contribution in [-0.4, -0.2) is 56.5 Å². The second-order valence-electron chi connectivity index (χ2n) is 11.3. The summed E-state index contributed by atoms with van der Waals surface area (Å²) in [5, 5.41) is 34.2. The fraction of sp³-hybridized carbons (Fsp3) is 0.500. The number of rotatable bonds is 4. The van der Waals surface area contributed by atoms with Crippen LogP contribution in [0.15, 0.2) is 30.3 Å². The molecule has 4 unspecified atom stereocenters. The molecule has 1 spiro atoms. The summed E-state index contributed by atoms with van der Waals surface area (Å²) in [6.45, 7) is 2.14. The molecule has 2 fully saturated rings. The fourth-order valence-corrected chi connectivity index (χ4v) is 7.96. The zero-order valence-corrected chi connectivity index (χ0v) is 19.2. The molecule has 176 valence electrons. The van der Waals surface area contributed by atoms with Crippen molar-refractivity contribution in [3.8, 4) is 11.5 Å². The molecule has 6 heteroatoms. The van der Waals surface area contributed by atoms with E-state index in [0.29, 0.717) is 18.6 Å². The molecule has 2 aromatic carbocycles. The van der Waals surface area contributed by atoms with Crippen molar-refractivity contribution in [1.29, 1.82) is 0 Å². The molecule has 0 amide bonds. The van der Waals surface area contributed by atoms with Gasteiger partial charge in [0, 0.05) is 42.1 Å². The maximum Gasteiger partial charge on any atom is 0.166 e. The average Bonchev–Trinajstić information content (AvgIpc) is 3.46. The number of likely N-dealkylation sites (tertiary alicyclic amines) is 1. The molecule has 6 nitrogen and oxygen atoms in total. The Bertz CT molecular complexity index is 1360. The van der Waals surface area contributed by atoms with E-state index in [1.54, 1.807) is 6.07 Å². The minimum atomic E-state index is -0.956. The van der Waals surface area contributed by atoms with Crippen LogP contribution >= 0.6 is 0 Å². The number of nitrogens with one attached hydrogen (secondary N) is 1. The van der Waals surface area contributed by atoms with E-state index in [1.807, 2.05) is 0 Å². The molecule has 2 aliphatic heterocycles. The Balaban J connectivity index is 1.37. The topological polar surface area (TPSA) is 89.0 Å². The van der Waals surface area contributed by atoms with Crippen molar-refractivity contribution in [2.24, 2.45) is 5.92 Å². The van der Waals surface area contributed by atoms with Gasteiger partial charge in [-0.1, -0.05) is 18.2 Å². The van der Waals surface area contributed by atoms with Crippen LogP contribution in [0.2, 0.25) is 0 Å². The van der Waals surface area contributed by atoms with Crippen molar-refractivity contribution in [1.82, 2.24) is 9.88 Å². The minimum absolute atomic E-state index is 0.0442. The SMILES string of the molecule is OCCc1ccc2c3c([nH]c2c1)C1Oc2c(O)ccc4c2C12CCN(CC1CC1)C(C4)C2(O)C3. The second kappa shape index (κ2) is 6.36. The summed E-state index contributed by atoms with van der Waals surface area (Å²) in [5.74, 6) is 1.51. The van der Waals surface area contributed by atoms with Gasteiger partial charge in [0.05, 0.1) is 16.7 Å². The second-order valence-corrected chi connectivity index (χ2v) is 11.3. The molecule has 2 bridgehead atoms. The number of piperidine rings is 1. The van der Waals surface area contributed by atoms with E-state index in [0.717, 1.165) is 65.1 Å². The van der Waals surface area contributed by atoms with Gasteiger partial charge in [0.15, 0.2) is 17.6 Å². The third-order valence-electron chi connectivity index (χ3n) is 9.63. The average molecular weight is 459 g/mol. The van der Waals surface area contributed by atoms with Gasteiger partial charge in [0.25, 0.3) is 0 Å². The fourth-order valence-electron chi connectivity index (χ4n) is 7.96. The molecule has 3 aliphatic carbocycles. The molecule has 5 aliphatic rings. The molecule has 4 N–H and O–H groups in total. The first-order chi connectivity index (χ1) is 16.5. The summed E-state index contributed by atoms with van der Waals surface area (Å²) in [6.07, 6.45) is 5.08. The molecule has 1 aromatic heterocycles. The molecule has 34 heavy (non-hydrogen) atoms. The van der Waals surface area contributed by atoms with E-state index >= 15 is 0 Å². The summed E-state index contributed by atoms with van der Waals surface area (Å²) in [6, 6.07) is 10.2. The minimum Gasteiger partial charge on any atom is -0.504 e. The number of phenolic OH excluding ortho intramolecular Hbond substituents is 1.